The Morgan fingerprint density at radius 2 is 2.00 bits per heavy atom. The summed E-state index contributed by atoms with van der Waals surface area (Å²) in [6, 6.07) is 6.21. The Morgan fingerprint density at radius 3 is 2.57 bits per heavy atom. The maximum atomic E-state index is 10.9. The van der Waals surface area contributed by atoms with Gasteiger partial charge >= 0.3 is 0 Å². The van der Waals surface area contributed by atoms with Gasteiger partial charge in [0.2, 0.25) is 0 Å². The van der Waals surface area contributed by atoms with Crippen LogP contribution in [0.3, 0.4) is 0 Å². The van der Waals surface area contributed by atoms with Gasteiger partial charge in [-0.1, -0.05) is 18.2 Å². The number of hydrogen-bond donors (Lipinski definition) is 3. The van der Waals surface area contributed by atoms with Gasteiger partial charge in [-0.15, -0.1) is 0 Å². The first kappa shape index (κ1) is 11.1. The van der Waals surface area contributed by atoms with Crippen LogP contribution < -0.4 is 11.1 Å². The molecule has 0 amide bonds. The zero-order chi connectivity index (χ0) is 10.6. The van der Waals surface area contributed by atoms with Gasteiger partial charge in [0.25, 0.3) is 10.1 Å². The van der Waals surface area contributed by atoms with E-state index in [0.717, 1.165) is 0 Å². The lowest BCUT2D eigenvalue weighted by molar-refractivity contribution is 0.481. The molecule has 0 aromatic heterocycles. The second-order valence-corrected chi connectivity index (χ2v) is 4.10. The molecule has 0 saturated heterocycles. The molecule has 0 spiro atoms. The minimum atomic E-state index is -4.14. The first-order chi connectivity index (χ1) is 6.55. The van der Waals surface area contributed by atoms with Gasteiger partial charge in [0.15, 0.2) is 0 Å². The van der Waals surface area contributed by atoms with E-state index in [1.807, 2.05) is 0 Å². The van der Waals surface area contributed by atoms with Crippen LogP contribution in [-0.2, 0) is 16.7 Å². The van der Waals surface area contributed by atoms with Crippen molar-refractivity contribution in [2.75, 3.05) is 6.67 Å². The van der Waals surface area contributed by atoms with E-state index in [0.29, 0.717) is 12.1 Å². The van der Waals surface area contributed by atoms with Gasteiger partial charge in [-0.05, 0) is 11.6 Å². The molecule has 14 heavy (non-hydrogen) atoms. The molecule has 0 aliphatic rings. The van der Waals surface area contributed by atoms with Crippen molar-refractivity contribution in [3.05, 3.63) is 29.8 Å². The molecule has 1 aromatic carbocycles. The maximum absolute atomic E-state index is 10.9. The highest BCUT2D eigenvalue weighted by Crippen LogP contribution is 2.14. The van der Waals surface area contributed by atoms with E-state index in [1.54, 1.807) is 18.2 Å². The largest absolute Gasteiger partial charge is 0.318 e. The first-order valence-corrected chi connectivity index (χ1v) is 5.46. The molecule has 6 heteroatoms. The van der Waals surface area contributed by atoms with E-state index in [-0.39, 0.29) is 11.6 Å². The molecule has 0 unspecified atom stereocenters. The smallest absolute Gasteiger partial charge is 0.294 e. The van der Waals surface area contributed by atoms with E-state index >= 15 is 0 Å². The summed E-state index contributed by atoms with van der Waals surface area (Å²) in [7, 11) is -4.14. The highest BCUT2D eigenvalue weighted by Gasteiger charge is 2.13. The quantitative estimate of drug-likeness (QED) is 0.484. The van der Waals surface area contributed by atoms with Gasteiger partial charge in [-0.3, -0.25) is 4.55 Å². The molecule has 0 aliphatic carbocycles. The fraction of sp³-hybridized carbons (Fsp3) is 0.250. The summed E-state index contributed by atoms with van der Waals surface area (Å²) in [6.07, 6.45) is 0. The van der Waals surface area contributed by atoms with E-state index < -0.39 is 10.1 Å². The lowest BCUT2D eigenvalue weighted by Crippen LogP contribution is -2.22. The second kappa shape index (κ2) is 4.52. The molecule has 0 aliphatic heterocycles. The Kier molecular flexibility index (Phi) is 3.59. The van der Waals surface area contributed by atoms with E-state index in [4.69, 9.17) is 10.3 Å². The average Bonchev–Trinajstić information content (AvgIpc) is 2.14. The van der Waals surface area contributed by atoms with Gasteiger partial charge in [0.1, 0.15) is 0 Å². The van der Waals surface area contributed by atoms with Gasteiger partial charge in [0.05, 0.1) is 4.90 Å². The Labute approximate surface area is 82.7 Å². The van der Waals surface area contributed by atoms with Crippen LogP contribution in [0.5, 0.6) is 0 Å². The minimum Gasteiger partial charge on any atom is -0.318 e. The highest BCUT2D eigenvalue weighted by molar-refractivity contribution is 7.85. The predicted molar refractivity (Wildman–Crippen MR) is 52.2 cm³/mol. The standard InChI is InChI=1S/C8H12N2O3S/c9-6-10-5-7-3-1-2-4-8(7)14(11,12)13/h1-4,10H,5-6,9H2,(H,11,12,13). The molecule has 5 nitrogen and oxygen atoms in total. The van der Waals surface area contributed by atoms with E-state index in [1.165, 1.54) is 6.07 Å². The van der Waals surface area contributed by atoms with Crippen LogP contribution in [0.1, 0.15) is 5.56 Å². The average molecular weight is 216 g/mol. The van der Waals surface area contributed by atoms with Crippen molar-refractivity contribution in [1.29, 1.82) is 0 Å². The molecular weight excluding hydrogens is 204 g/mol. The summed E-state index contributed by atoms with van der Waals surface area (Å²) in [5.74, 6) is 0. The van der Waals surface area contributed by atoms with Gasteiger partial charge < -0.3 is 11.1 Å². The van der Waals surface area contributed by atoms with Crippen molar-refractivity contribution < 1.29 is 13.0 Å². The molecule has 78 valence electrons. The molecule has 0 atom stereocenters. The molecule has 0 fully saturated rings. The van der Waals surface area contributed by atoms with Crippen LogP contribution in [0.25, 0.3) is 0 Å². The summed E-state index contributed by atoms with van der Waals surface area (Å²) in [5, 5.41) is 2.78. The lowest BCUT2D eigenvalue weighted by Gasteiger charge is -2.06. The topological polar surface area (TPSA) is 92.4 Å². The van der Waals surface area contributed by atoms with Crippen molar-refractivity contribution in [2.24, 2.45) is 5.73 Å². The number of nitrogens with one attached hydrogen (secondary N) is 1. The third-order valence-corrected chi connectivity index (χ3v) is 2.66. The second-order valence-electron chi connectivity index (χ2n) is 2.71. The van der Waals surface area contributed by atoms with Crippen molar-refractivity contribution in [1.82, 2.24) is 5.32 Å². The summed E-state index contributed by atoms with van der Waals surface area (Å²) in [4.78, 5) is -0.0825. The third-order valence-electron chi connectivity index (χ3n) is 1.71. The van der Waals surface area contributed by atoms with Crippen molar-refractivity contribution in [3.8, 4) is 0 Å². The van der Waals surface area contributed by atoms with Gasteiger partial charge in [0, 0.05) is 13.2 Å². The van der Waals surface area contributed by atoms with Crippen LogP contribution in [0.2, 0.25) is 0 Å². The molecule has 1 rings (SSSR count). The van der Waals surface area contributed by atoms with Crippen molar-refractivity contribution >= 4 is 10.1 Å². The van der Waals surface area contributed by atoms with Crippen LogP contribution in [0.4, 0.5) is 0 Å². The van der Waals surface area contributed by atoms with Crippen LogP contribution in [0, 0.1) is 0 Å². The van der Waals surface area contributed by atoms with Crippen LogP contribution in [0.15, 0.2) is 29.2 Å². The minimum absolute atomic E-state index is 0.0825. The first-order valence-electron chi connectivity index (χ1n) is 4.02. The predicted octanol–water partition coefficient (Wildman–Crippen LogP) is -0.0609. The number of hydrogen-bond acceptors (Lipinski definition) is 4. The molecule has 0 bridgehead atoms. The van der Waals surface area contributed by atoms with Crippen molar-refractivity contribution in [3.63, 3.8) is 0 Å². The molecule has 0 radical (unpaired) electrons. The molecular formula is C8H12N2O3S. The van der Waals surface area contributed by atoms with Crippen molar-refractivity contribution in [2.45, 2.75) is 11.4 Å². The Hall–Kier alpha value is -0.950. The molecule has 0 saturated carbocycles. The maximum Gasteiger partial charge on any atom is 0.294 e. The summed E-state index contributed by atoms with van der Waals surface area (Å²) >= 11 is 0. The normalized spacial score (nSPS) is 11.6. The summed E-state index contributed by atoms with van der Waals surface area (Å²) in [6.45, 7) is 0.562. The molecule has 4 N–H and O–H groups in total. The molecule has 1 aromatic rings. The van der Waals surface area contributed by atoms with E-state index in [9.17, 15) is 8.42 Å². The van der Waals surface area contributed by atoms with Gasteiger partial charge in [-0.25, -0.2) is 0 Å². The summed E-state index contributed by atoms with van der Waals surface area (Å²) < 4.78 is 30.7. The monoisotopic (exact) mass is 216 g/mol. The Morgan fingerprint density at radius 1 is 1.36 bits per heavy atom. The number of nitrogens with two attached hydrogens (primary N) is 1. The Bertz CT molecular complexity index is 403. The van der Waals surface area contributed by atoms with Gasteiger partial charge in [-0.2, -0.15) is 8.42 Å². The zero-order valence-electron chi connectivity index (χ0n) is 7.47. The highest BCUT2D eigenvalue weighted by atomic mass is 32.2. The fourth-order valence-electron chi connectivity index (χ4n) is 1.11. The lowest BCUT2D eigenvalue weighted by atomic mass is 10.2. The fourth-order valence-corrected chi connectivity index (χ4v) is 1.83. The third kappa shape index (κ3) is 2.78. The SMILES string of the molecule is NCNCc1ccccc1S(=O)(=O)O. The van der Waals surface area contributed by atoms with Crippen LogP contribution in [-0.4, -0.2) is 19.6 Å². The molecule has 0 heterocycles. The zero-order valence-corrected chi connectivity index (χ0v) is 8.29. The summed E-state index contributed by atoms with van der Waals surface area (Å²) in [5.41, 5.74) is 5.71. The Balaban J connectivity index is 3.04. The number of rotatable bonds is 4. The number of benzene rings is 1. The van der Waals surface area contributed by atoms with Crippen LogP contribution >= 0.6 is 0 Å². The van der Waals surface area contributed by atoms with E-state index in [2.05, 4.69) is 5.32 Å².